The van der Waals surface area contributed by atoms with Crippen LogP contribution in [-0.2, 0) is 17.6 Å². The van der Waals surface area contributed by atoms with Crippen LogP contribution in [0.4, 0.5) is 4.79 Å². The molecule has 0 radical (unpaired) electrons. The molecular formula is C17H25NO3. The summed E-state index contributed by atoms with van der Waals surface area (Å²) in [4.78, 5) is 14.2. The number of hydrogen-bond donors (Lipinski definition) is 0. The summed E-state index contributed by atoms with van der Waals surface area (Å²) in [5.41, 5.74) is 2.08. The molecule has 1 aromatic rings. The van der Waals surface area contributed by atoms with Gasteiger partial charge in [0.1, 0.15) is 11.4 Å². The van der Waals surface area contributed by atoms with E-state index in [-0.39, 0.29) is 12.1 Å². The van der Waals surface area contributed by atoms with Crippen molar-refractivity contribution in [2.24, 2.45) is 0 Å². The maximum Gasteiger partial charge on any atom is 0.410 e. The lowest BCUT2D eigenvalue weighted by Gasteiger charge is -2.30. The van der Waals surface area contributed by atoms with Crippen molar-refractivity contribution in [3.8, 4) is 5.75 Å². The van der Waals surface area contributed by atoms with Crippen molar-refractivity contribution in [3.63, 3.8) is 0 Å². The highest BCUT2D eigenvalue weighted by molar-refractivity contribution is 5.68. The van der Waals surface area contributed by atoms with Gasteiger partial charge < -0.3 is 14.4 Å². The van der Waals surface area contributed by atoms with Crippen molar-refractivity contribution in [2.45, 2.75) is 52.2 Å². The van der Waals surface area contributed by atoms with Crippen LogP contribution in [-0.4, -0.2) is 36.3 Å². The summed E-state index contributed by atoms with van der Waals surface area (Å²) in [5, 5.41) is 0. The van der Waals surface area contributed by atoms with Crippen molar-refractivity contribution >= 4 is 6.09 Å². The second-order valence-corrected chi connectivity index (χ2v) is 6.61. The first-order valence-electron chi connectivity index (χ1n) is 7.45. The first-order chi connectivity index (χ1) is 9.80. The van der Waals surface area contributed by atoms with Crippen molar-refractivity contribution < 1.29 is 14.3 Å². The summed E-state index contributed by atoms with van der Waals surface area (Å²) in [6, 6.07) is 6.29. The van der Waals surface area contributed by atoms with E-state index in [9.17, 15) is 4.79 Å². The molecule has 0 spiro atoms. The Kier molecular flexibility index (Phi) is 4.45. The lowest BCUT2D eigenvalue weighted by atomic mass is 10.0. The Morgan fingerprint density at radius 1 is 1.29 bits per heavy atom. The predicted molar refractivity (Wildman–Crippen MR) is 82.8 cm³/mol. The van der Waals surface area contributed by atoms with E-state index in [0.29, 0.717) is 6.54 Å². The van der Waals surface area contributed by atoms with Gasteiger partial charge in [0.2, 0.25) is 0 Å². The molecule has 1 atom stereocenters. The SMILES string of the molecule is COc1ccc2c(c1)CCN(C(=O)OC(C)(C)C)C(C)C2. The highest BCUT2D eigenvalue weighted by Gasteiger charge is 2.28. The van der Waals surface area contributed by atoms with Gasteiger partial charge in [-0.25, -0.2) is 4.79 Å². The van der Waals surface area contributed by atoms with E-state index in [1.54, 1.807) is 7.11 Å². The van der Waals surface area contributed by atoms with Crippen molar-refractivity contribution in [2.75, 3.05) is 13.7 Å². The Morgan fingerprint density at radius 2 is 2.00 bits per heavy atom. The van der Waals surface area contributed by atoms with E-state index in [1.807, 2.05) is 31.7 Å². The normalized spacial score (nSPS) is 18.7. The van der Waals surface area contributed by atoms with Crippen molar-refractivity contribution in [3.05, 3.63) is 29.3 Å². The summed E-state index contributed by atoms with van der Waals surface area (Å²) in [6.07, 6.45) is 1.45. The number of nitrogens with zero attached hydrogens (tertiary/aromatic N) is 1. The van der Waals surface area contributed by atoms with Crippen LogP contribution in [0.3, 0.4) is 0 Å². The predicted octanol–water partition coefficient (Wildman–Crippen LogP) is 3.42. The van der Waals surface area contributed by atoms with Gasteiger partial charge in [-0.15, -0.1) is 0 Å². The topological polar surface area (TPSA) is 38.8 Å². The maximum atomic E-state index is 12.3. The zero-order valence-electron chi connectivity index (χ0n) is 13.6. The van der Waals surface area contributed by atoms with Crippen LogP contribution in [0.2, 0.25) is 0 Å². The molecule has 4 heteroatoms. The fourth-order valence-electron chi connectivity index (χ4n) is 2.64. The molecule has 1 aromatic carbocycles. The number of fused-ring (bicyclic) bond motifs is 1. The first kappa shape index (κ1) is 15.7. The van der Waals surface area contributed by atoms with E-state index in [0.717, 1.165) is 18.6 Å². The molecule has 0 saturated carbocycles. The van der Waals surface area contributed by atoms with E-state index in [2.05, 4.69) is 19.1 Å². The molecule has 0 aliphatic carbocycles. The van der Waals surface area contributed by atoms with Crippen LogP contribution >= 0.6 is 0 Å². The van der Waals surface area contributed by atoms with Crippen LogP contribution in [0, 0.1) is 0 Å². The van der Waals surface area contributed by atoms with E-state index in [1.165, 1.54) is 11.1 Å². The third-order valence-electron chi connectivity index (χ3n) is 3.71. The molecule has 0 aromatic heterocycles. The summed E-state index contributed by atoms with van der Waals surface area (Å²) in [6.45, 7) is 8.44. The van der Waals surface area contributed by atoms with Gasteiger partial charge in [-0.1, -0.05) is 6.07 Å². The number of benzene rings is 1. The zero-order chi connectivity index (χ0) is 15.6. The molecule has 0 saturated heterocycles. The third-order valence-corrected chi connectivity index (χ3v) is 3.71. The number of carbonyl (C=O) groups excluding carboxylic acids is 1. The van der Waals surface area contributed by atoms with Gasteiger partial charge in [0.15, 0.2) is 0 Å². The summed E-state index contributed by atoms with van der Waals surface area (Å²) >= 11 is 0. The average Bonchev–Trinajstić information content (AvgIpc) is 2.54. The van der Waals surface area contributed by atoms with Gasteiger partial charge in [-0.3, -0.25) is 0 Å². The zero-order valence-corrected chi connectivity index (χ0v) is 13.6. The first-order valence-corrected chi connectivity index (χ1v) is 7.45. The fraction of sp³-hybridized carbons (Fsp3) is 0.588. The van der Waals surface area contributed by atoms with Gasteiger partial charge in [0.25, 0.3) is 0 Å². The molecule has 1 aliphatic rings. The molecule has 0 fully saturated rings. The van der Waals surface area contributed by atoms with Crippen LogP contribution in [0.15, 0.2) is 18.2 Å². The highest BCUT2D eigenvalue weighted by Crippen LogP contribution is 2.25. The van der Waals surface area contributed by atoms with E-state index >= 15 is 0 Å². The van der Waals surface area contributed by atoms with Gasteiger partial charge in [-0.2, -0.15) is 0 Å². The van der Waals surface area contributed by atoms with Crippen molar-refractivity contribution in [1.82, 2.24) is 4.90 Å². The Morgan fingerprint density at radius 3 is 2.62 bits per heavy atom. The number of ether oxygens (including phenoxy) is 2. The fourth-order valence-corrected chi connectivity index (χ4v) is 2.64. The minimum atomic E-state index is -0.459. The number of methoxy groups -OCH3 is 1. The second-order valence-electron chi connectivity index (χ2n) is 6.61. The molecule has 1 unspecified atom stereocenters. The monoisotopic (exact) mass is 291 g/mol. The smallest absolute Gasteiger partial charge is 0.410 e. The molecule has 2 rings (SSSR count). The summed E-state index contributed by atoms with van der Waals surface area (Å²) < 4.78 is 10.8. The largest absolute Gasteiger partial charge is 0.497 e. The third kappa shape index (κ3) is 3.90. The Labute approximate surface area is 127 Å². The van der Waals surface area contributed by atoms with Gasteiger partial charge >= 0.3 is 6.09 Å². The summed E-state index contributed by atoms with van der Waals surface area (Å²) in [5.74, 6) is 0.868. The Balaban J connectivity index is 2.15. The molecular weight excluding hydrogens is 266 g/mol. The van der Waals surface area contributed by atoms with Crippen LogP contribution in [0.1, 0.15) is 38.8 Å². The highest BCUT2D eigenvalue weighted by atomic mass is 16.6. The van der Waals surface area contributed by atoms with Crippen LogP contribution in [0.5, 0.6) is 5.75 Å². The van der Waals surface area contributed by atoms with Gasteiger partial charge in [0, 0.05) is 12.6 Å². The minimum absolute atomic E-state index is 0.134. The molecule has 21 heavy (non-hydrogen) atoms. The molecule has 0 bridgehead atoms. The number of rotatable bonds is 1. The quantitative estimate of drug-likeness (QED) is 0.796. The summed E-state index contributed by atoms with van der Waals surface area (Å²) in [7, 11) is 1.67. The lowest BCUT2D eigenvalue weighted by Crippen LogP contribution is -2.43. The second kappa shape index (κ2) is 5.96. The molecule has 116 valence electrons. The van der Waals surface area contributed by atoms with E-state index in [4.69, 9.17) is 9.47 Å². The molecule has 1 aliphatic heterocycles. The van der Waals surface area contributed by atoms with Crippen LogP contribution in [0.25, 0.3) is 0 Å². The minimum Gasteiger partial charge on any atom is -0.497 e. The van der Waals surface area contributed by atoms with Crippen LogP contribution < -0.4 is 4.74 Å². The number of hydrogen-bond acceptors (Lipinski definition) is 3. The molecule has 1 amide bonds. The van der Waals surface area contributed by atoms with Crippen molar-refractivity contribution in [1.29, 1.82) is 0 Å². The van der Waals surface area contributed by atoms with E-state index < -0.39 is 5.60 Å². The standard InChI is InChI=1S/C17H25NO3/c1-12-10-13-6-7-15(20-5)11-14(13)8-9-18(12)16(19)21-17(2,3)4/h6-7,11-12H,8-10H2,1-5H3. The Bertz CT molecular complexity index is 519. The lowest BCUT2D eigenvalue weighted by molar-refractivity contribution is 0.0185. The van der Waals surface area contributed by atoms with Gasteiger partial charge in [0.05, 0.1) is 7.11 Å². The number of carbonyl (C=O) groups is 1. The molecule has 4 nitrogen and oxygen atoms in total. The number of amides is 1. The molecule has 0 N–H and O–H groups in total. The Hall–Kier alpha value is -1.71. The van der Waals surface area contributed by atoms with Gasteiger partial charge in [-0.05, 0) is 63.8 Å². The molecule has 1 heterocycles. The maximum absolute atomic E-state index is 12.3. The average molecular weight is 291 g/mol.